The second kappa shape index (κ2) is 4.31. The summed E-state index contributed by atoms with van der Waals surface area (Å²) in [5.74, 6) is 0. The minimum atomic E-state index is -3.26. The van der Waals surface area contributed by atoms with Gasteiger partial charge in [0.15, 0.2) is 0 Å². The Bertz CT molecular complexity index is 525. The van der Waals surface area contributed by atoms with E-state index in [2.05, 4.69) is 0 Å². The molecule has 1 fully saturated rings. The fourth-order valence-electron chi connectivity index (χ4n) is 2.20. The first-order valence-corrected chi connectivity index (χ1v) is 7.26. The highest BCUT2D eigenvalue weighted by atomic mass is 32.2. The molecule has 1 heterocycles. The Kier molecular flexibility index (Phi) is 3.14. The van der Waals surface area contributed by atoms with Gasteiger partial charge in [0.25, 0.3) is 0 Å². The van der Waals surface area contributed by atoms with Crippen molar-refractivity contribution in [1.29, 1.82) is 0 Å². The van der Waals surface area contributed by atoms with Crippen LogP contribution in [0, 0.1) is 13.8 Å². The van der Waals surface area contributed by atoms with Crippen LogP contribution in [0.5, 0.6) is 0 Å². The van der Waals surface area contributed by atoms with E-state index in [9.17, 15) is 8.42 Å². The molecule has 0 unspecified atom stereocenters. The van der Waals surface area contributed by atoms with Crippen LogP contribution in [0.3, 0.4) is 0 Å². The third-order valence-corrected chi connectivity index (χ3v) is 5.54. The zero-order valence-corrected chi connectivity index (χ0v) is 11.0. The van der Waals surface area contributed by atoms with Gasteiger partial charge >= 0.3 is 0 Å². The highest BCUT2D eigenvalue weighted by molar-refractivity contribution is 7.93. The van der Waals surface area contributed by atoms with Crippen LogP contribution in [0.15, 0.2) is 18.2 Å². The number of aryl methyl sites for hydroxylation is 2. The first-order chi connectivity index (χ1) is 7.96. The molecule has 2 N–H and O–H groups in total. The molecule has 1 aliphatic heterocycles. The fourth-order valence-corrected chi connectivity index (χ4v) is 4.04. The van der Waals surface area contributed by atoms with Gasteiger partial charge in [0.05, 0.1) is 10.9 Å². The number of rotatable bonds is 2. The third kappa shape index (κ3) is 2.05. The second-order valence-electron chi connectivity index (χ2n) is 4.55. The van der Waals surface area contributed by atoms with Gasteiger partial charge in [0.1, 0.15) is 0 Å². The Labute approximate surface area is 102 Å². The highest BCUT2D eigenvalue weighted by Gasteiger charge is 2.38. The lowest BCUT2D eigenvalue weighted by Crippen LogP contribution is -2.33. The number of hydrogen-bond donors (Lipinski definition) is 1. The topological polar surface area (TPSA) is 63.4 Å². The molecule has 17 heavy (non-hydrogen) atoms. The number of anilines is 1. The van der Waals surface area contributed by atoms with Crippen molar-refractivity contribution in [2.45, 2.75) is 25.5 Å². The normalized spacial score (nSPS) is 23.0. The van der Waals surface area contributed by atoms with E-state index in [4.69, 9.17) is 5.73 Å². The van der Waals surface area contributed by atoms with Crippen LogP contribution in [0.1, 0.15) is 17.5 Å². The smallest absolute Gasteiger partial charge is 0.239 e. The Morgan fingerprint density at radius 3 is 2.71 bits per heavy atom. The van der Waals surface area contributed by atoms with Crippen molar-refractivity contribution in [2.24, 2.45) is 5.73 Å². The van der Waals surface area contributed by atoms with Crippen molar-refractivity contribution < 1.29 is 8.42 Å². The van der Waals surface area contributed by atoms with Gasteiger partial charge in [-0.25, -0.2) is 8.42 Å². The molecule has 0 radical (unpaired) electrons. The maximum absolute atomic E-state index is 12.2. The Morgan fingerprint density at radius 1 is 1.41 bits per heavy atom. The van der Waals surface area contributed by atoms with Gasteiger partial charge in [-0.1, -0.05) is 12.1 Å². The summed E-state index contributed by atoms with van der Waals surface area (Å²) < 4.78 is 26.0. The van der Waals surface area contributed by atoms with Crippen molar-refractivity contribution in [3.05, 3.63) is 29.3 Å². The predicted molar refractivity (Wildman–Crippen MR) is 69.6 cm³/mol. The minimum absolute atomic E-state index is 0.198. The minimum Gasteiger partial charge on any atom is -0.329 e. The van der Waals surface area contributed by atoms with Crippen LogP contribution < -0.4 is 10.0 Å². The highest BCUT2D eigenvalue weighted by Crippen LogP contribution is 2.31. The van der Waals surface area contributed by atoms with E-state index in [-0.39, 0.29) is 6.54 Å². The Morgan fingerprint density at radius 2 is 2.12 bits per heavy atom. The van der Waals surface area contributed by atoms with E-state index in [0.717, 1.165) is 16.8 Å². The van der Waals surface area contributed by atoms with Crippen LogP contribution >= 0.6 is 0 Å². The molecule has 1 saturated heterocycles. The zero-order chi connectivity index (χ0) is 12.6. The van der Waals surface area contributed by atoms with Crippen molar-refractivity contribution in [3.8, 4) is 0 Å². The predicted octanol–water partition coefficient (Wildman–Crippen LogP) is 1.17. The lowest BCUT2D eigenvalue weighted by molar-refractivity contribution is 0.588. The lowest BCUT2D eigenvalue weighted by atomic mass is 10.1. The van der Waals surface area contributed by atoms with E-state index in [1.54, 1.807) is 0 Å². The molecule has 0 aliphatic carbocycles. The molecule has 0 saturated carbocycles. The molecule has 2 rings (SSSR count). The quantitative estimate of drug-likeness (QED) is 0.861. The van der Waals surface area contributed by atoms with Crippen LogP contribution in [0.4, 0.5) is 5.69 Å². The second-order valence-corrected chi connectivity index (χ2v) is 6.69. The van der Waals surface area contributed by atoms with Gasteiger partial charge in [-0.2, -0.15) is 0 Å². The third-order valence-electron chi connectivity index (χ3n) is 3.28. The van der Waals surface area contributed by atoms with Gasteiger partial charge < -0.3 is 5.73 Å². The molecular formula is C12H18N2O2S. The van der Waals surface area contributed by atoms with E-state index < -0.39 is 15.3 Å². The average molecular weight is 254 g/mol. The first-order valence-electron chi connectivity index (χ1n) is 5.75. The Balaban J connectivity index is 2.45. The summed E-state index contributed by atoms with van der Waals surface area (Å²) in [6.45, 7) is 4.63. The summed E-state index contributed by atoms with van der Waals surface area (Å²) in [6, 6.07) is 5.86. The summed E-state index contributed by atoms with van der Waals surface area (Å²) in [6.07, 6.45) is 0.617. The number of sulfonamides is 1. The summed E-state index contributed by atoms with van der Waals surface area (Å²) in [7, 11) is -3.26. The molecular weight excluding hydrogens is 236 g/mol. The molecule has 1 aromatic carbocycles. The fraction of sp³-hybridized carbons (Fsp3) is 0.500. The Hall–Kier alpha value is -1.07. The van der Waals surface area contributed by atoms with Gasteiger partial charge in [0, 0.05) is 13.1 Å². The van der Waals surface area contributed by atoms with Crippen molar-refractivity contribution in [2.75, 3.05) is 17.4 Å². The largest absolute Gasteiger partial charge is 0.329 e. The summed E-state index contributed by atoms with van der Waals surface area (Å²) in [5.41, 5.74) is 8.35. The number of nitrogens with zero attached hydrogens (tertiary/aromatic N) is 1. The van der Waals surface area contributed by atoms with E-state index in [1.165, 1.54) is 4.31 Å². The average Bonchev–Trinajstić information content (AvgIpc) is 2.57. The van der Waals surface area contributed by atoms with Crippen LogP contribution in [-0.2, 0) is 10.0 Å². The molecule has 0 aromatic heterocycles. The van der Waals surface area contributed by atoms with Crippen LogP contribution in [0.2, 0.25) is 0 Å². The molecule has 1 atom stereocenters. The standard InChI is InChI=1S/C12H18N2O2S/c1-9-3-4-10(2)12(7-9)14-6-5-11(8-13)17(14,15)16/h3-4,7,11H,5-6,8,13H2,1-2H3/t11-/m1/s1. The number of hydrogen-bond acceptors (Lipinski definition) is 3. The molecule has 0 amide bonds. The molecule has 5 heteroatoms. The molecule has 0 bridgehead atoms. The molecule has 4 nitrogen and oxygen atoms in total. The maximum Gasteiger partial charge on any atom is 0.239 e. The summed E-state index contributed by atoms with van der Waals surface area (Å²) >= 11 is 0. The van der Waals surface area contributed by atoms with Crippen LogP contribution in [0.25, 0.3) is 0 Å². The molecule has 94 valence electrons. The summed E-state index contributed by atoms with van der Waals surface area (Å²) in [4.78, 5) is 0. The SMILES string of the molecule is Cc1ccc(C)c(N2CC[C@H](CN)S2(=O)=O)c1. The maximum atomic E-state index is 12.2. The first kappa shape index (κ1) is 12.4. The van der Waals surface area contributed by atoms with E-state index in [1.807, 2.05) is 32.0 Å². The number of benzene rings is 1. The van der Waals surface area contributed by atoms with Crippen molar-refractivity contribution >= 4 is 15.7 Å². The van der Waals surface area contributed by atoms with Crippen molar-refractivity contribution in [1.82, 2.24) is 0 Å². The number of nitrogens with two attached hydrogens (primary N) is 1. The van der Waals surface area contributed by atoms with Crippen molar-refractivity contribution in [3.63, 3.8) is 0 Å². The van der Waals surface area contributed by atoms with Gasteiger partial charge in [-0.3, -0.25) is 4.31 Å². The van der Waals surface area contributed by atoms with Gasteiger partial charge in [-0.05, 0) is 37.5 Å². The lowest BCUT2D eigenvalue weighted by Gasteiger charge is -2.21. The van der Waals surface area contributed by atoms with E-state index in [0.29, 0.717) is 13.0 Å². The van der Waals surface area contributed by atoms with Gasteiger partial charge in [0.2, 0.25) is 10.0 Å². The monoisotopic (exact) mass is 254 g/mol. The zero-order valence-electron chi connectivity index (χ0n) is 10.2. The molecule has 1 aliphatic rings. The van der Waals surface area contributed by atoms with Gasteiger partial charge in [-0.15, -0.1) is 0 Å². The summed E-state index contributed by atoms with van der Waals surface area (Å²) in [5, 5.41) is -0.428. The molecule has 0 spiro atoms. The molecule has 1 aromatic rings. The van der Waals surface area contributed by atoms with E-state index >= 15 is 0 Å². The van der Waals surface area contributed by atoms with Crippen LogP contribution in [-0.4, -0.2) is 26.8 Å².